The van der Waals surface area contributed by atoms with Gasteiger partial charge in [-0.2, -0.15) is 16.8 Å². The second-order valence-electron chi connectivity index (χ2n) is 7.22. The summed E-state index contributed by atoms with van der Waals surface area (Å²) in [5.41, 5.74) is 1.65. The average Bonchev–Trinajstić information content (AvgIpc) is 2.75. The van der Waals surface area contributed by atoms with Gasteiger partial charge in [0, 0.05) is 11.5 Å². The van der Waals surface area contributed by atoms with Crippen molar-refractivity contribution >= 4 is 31.0 Å². The van der Waals surface area contributed by atoms with E-state index in [1.54, 1.807) is 24.3 Å². The molecule has 0 spiro atoms. The number of phenols is 1. The lowest BCUT2D eigenvalue weighted by Crippen LogP contribution is -2.08. The second-order valence-corrected chi connectivity index (χ2v) is 10.0. The van der Waals surface area contributed by atoms with Crippen molar-refractivity contribution in [3.05, 3.63) is 102 Å². The SMILES string of the molecule is O=S(=O)(O)c1ccc2c(C(c3ccccc3)c3ccccc3)c(O)c(S(=O)(=O)O)cc2c1. The lowest BCUT2D eigenvalue weighted by Gasteiger charge is -2.23. The summed E-state index contributed by atoms with van der Waals surface area (Å²) in [5.74, 6) is -1.28. The highest BCUT2D eigenvalue weighted by atomic mass is 32.2. The zero-order chi connectivity index (χ0) is 23.1. The molecule has 0 saturated carbocycles. The van der Waals surface area contributed by atoms with Crippen LogP contribution in [0.25, 0.3) is 10.8 Å². The van der Waals surface area contributed by atoms with E-state index in [0.29, 0.717) is 5.39 Å². The first-order chi connectivity index (χ1) is 15.1. The fraction of sp³-hybridized carbons (Fsp3) is 0.0435. The van der Waals surface area contributed by atoms with Gasteiger partial charge < -0.3 is 5.11 Å². The third kappa shape index (κ3) is 4.11. The normalized spacial score (nSPS) is 12.3. The molecule has 164 valence electrons. The summed E-state index contributed by atoms with van der Waals surface area (Å²) in [6, 6.07) is 22.7. The van der Waals surface area contributed by atoms with Gasteiger partial charge in [-0.3, -0.25) is 9.11 Å². The predicted octanol–water partition coefficient (Wildman–Crippen LogP) is 4.22. The Bertz CT molecular complexity index is 1470. The van der Waals surface area contributed by atoms with Gasteiger partial charge in [0.1, 0.15) is 10.6 Å². The highest BCUT2D eigenvalue weighted by Gasteiger charge is 2.28. The van der Waals surface area contributed by atoms with Crippen LogP contribution in [0.4, 0.5) is 0 Å². The van der Waals surface area contributed by atoms with Crippen molar-refractivity contribution in [1.29, 1.82) is 0 Å². The smallest absolute Gasteiger partial charge is 0.298 e. The van der Waals surface area contributed by atoms with E-state index in [4.69, 9.17) is 0 Å². The molecule has 0 unspecified atom stereocenters. The molecule has 0 radical (unpaired) electrons. The van der Waals surface area contributed by atoms with Crippen molar-refractivity contribution in [3.63, 3.8) is 0 Å². The van der Waals surface area contributed by atoms with Gasteiger partial charge >= 0.3 is 0 Å². The molecule has 3 N–H and O–H groups in total. The van der Waals surface area contributed by atoms with Crippen LogP contribution in [0.1, 0.15) is 22.6 Å². The van der Waals surface area contributed by atoms with Crippen molar-refractivity contribution in [2.75, 3.05) is 0 Å². The van der Waals surface area contributed by atoms with Gasteiger partial charge in [-0.25, -0.2) is 0 Å². The summed E-state index contributed by atoms with van der Waals surface area (Å²) in [4.78, 5) is -1.21. The van der Waals surface area contributed by atoms with Crippen LogP contribution in [0.3, 0.4) is 0 Å². The topological polar surface area (TPSA) is 129 Å². The molecule has 9 heteroatoms. The molecule has 0 saturated heterocycles. The Morgan fingerprint density at radius 3 is 1.66 bits per heavy atom. The summed E-state index contributed by atoms with van der Waals surface area (Å²) >= 11 is 0. The van der Waals surface area contributed by atoms with Crippen LogP contribution in [0.2, 0.25) is 0 Å². The van der Waals surface area contributed by atoms with Crippen molar-refractivity contribution < 1.29 is 31.0 Å². The largest absolute Gasteiger partial charge is 0.506 e. The molecule has 0 aliphatic heterocycles. The molecule has 4 aromatic carbocycles. The van der Waals surface area contributed by atoms with Crippen LogP contribution < -0.4 is 0 Å². The molecule has 0 bridgehead atoms. The van der Waals surface area contributed by atoms with Crippen LogP contribution in [-0.2, 0) is 20.2 Å². The zero-order valence-corrected chi connectivity index (χ0v) is 18.1. The Hall–Kier alpha value is -3.24. The van der Waals surface area contributed by atoms with Crippen LogP contribution >= 0.6 is 0 Å². The summed E-state index contributed by atoms with van der Waals surface area (Å²) in [7, 11) is -9.42. The summed E-state index contributed by atoms with van der Waals surface area (Å²) in [6.45, 7) is 0. The number of phenolic OH excluding ortho intramolecular Hbond substituents is 1. The number of hydrogen-bond acceptors (Lipinski definition) is 5. The first-order valence-corrected chi connectivity index (χ1v) is 12.3. The summed E-state index contributed by atoms with van der Waals surface area (Å²) < 4.78 is 66.5. The predicted molar refractivity (Wildman–Crippen MR) is 119 cm³/mol. The third-order valence-electron chi connectivity index (χ3n) is 5.22. The molecule has 7 nitrogen and oxygen atoms in total. The van der Waals surface area contributed by atoms with E-state index in [0.717, 1.165) is 23.3 Å². The third-order valence-corrected chi connectivity index (χ3v) is 6.94. The number of hydrogen-bond donors (Lipinski definition) is 3. The minimum atomic E-state index is -4.86. The van der Waals surface area contributed by atoms with Crippen molar-refractivity contribution in [3.8, 4) is 5.75 Å². The molecule has 0 aliphatic rings. The van der Waals surface area contributed by atoms with E-state index in [9.17, 15) is 31.0 Å². The van der Waals surface area contributed by atoms with Gasteiger partial charge in [0.2, 0.25) is 0 Å². The molecule has 0 heterocycles. The Labute approximate surface area is 185 Å². The van der Waals surface area contributed by atoms with Gasteiger partial charge in [-0.15, -0.1) is 0 Å². The molecule has 32 heavy (non-hydrogen) atoms. The molecular weight excluding hydrogens is 452 g/mol. The molecule has 0 aromatic heterocycles. The van der Waals surface area contributed by atoms with E-state index in [-0.39, 0.29) is 10.9 Å². The van der Waals surface area contributed by atoms with Gasteiger partial charge in [-0.1, -0.05) is 66.7 Å². The van der Waals surface area contributed by atoms with Crippen LogP contribution in [0, 0.1) is 0 Å². The van der Waals surface area contributed by atoms with E-state index in [1.807, 2.05) is 36.4 Å². The first-order valence-electron chi connectivity index (χ1n) is 9.42. The first kappa shape index (κ1) is 22.0. The lowest BCUT2D eigenvalue weighted by atomic mass is 9.82. The molecule has 0 fully saturated rings. The Morgan fingerprint density at radius 2 is 1.19 bits per heavy atom. The lowest BCUT2D eigenvalue weighted by molar-refractivity contribution is 0.438. The summed E-state index contributed by atoms with van der Waals surface area (Å²) in [5, 5.41) is 11.5. The maximum absolute atomic E-state index is 12.1. The van der Waals surface area contributed by atoms with Gasteiger partial charge in [0.05, 0.1) is 4.90 Å². The van der Waals surface area contributed by atoms with E-state index < -0.39 is 41.7 Å². The Kier molecular flexibility index (Phi) is 5.51. The van der Waals surface area contributed by atoms with Crippen LogP contribution in [-0.4, -0.2) is 31.0 Å². The van der Waals surface area contributed by atoms with Crippen LogP contribution in [0.5, 0.6) is 5.75 Å². The van der Waals surface area contributed by atoms with Crippen molar-refractivity contribution in [2.24, 2.45) is 0 Å². The highest BCUT2D eigenvalue weighted by molar-refractivity contribution is 7.86. The highest BCUT2D eigenvalue weighted by Crippen LogP contribution is 2.44. The minimum Gasteiger partial charge on any atom is -0.506 e. The molecule has 0 amide bonds. The molecule has 4 rings (SSSR count). The van der Waals surface area contributed by atoms with E-state index in [2.05, 4.69) is 0 Å². The number of fused-ring (bicyclic) bond motifs is 1. The van der Waals surface area contributed by atoms with Crippen LogP contribution in [0.15, 0.2) is 94.7 Å². The zero-order valence-electron chi connectivity index (χ0n) is 16.5. The number of rotatable bonds is 5. The molecular formula is C23H18O7S2. The average molecular weight is 471 g/mol. The fourth-order valence-corrected chi connectivity index (χ4v) is 4.99. The molecule has 4 aromatic rings. The Morgan fingerprint density at radius 1 is 0.656 bits per heavy atom. The molecule has 0 atom stereocenters. The van der Waals surface area contributed by atoms with Crippen molar-refractivity contribution in [1.82, 2.24) is 0 Å². The Balaban J connectivity index is 2.16. The monoisotopic (exact) mass is 470 g/mol. The van der Waals surface area contributed by atoms with Gasteiger partial charge in [-0.05, 0) is 40.1 Å². The van der Waals surface area contributed by atoms with Crippen molar-refractivity contribution in [2.45, 2.75) is 15.7 Å². The fourth-order valence-electron chi connectivity index (χ4n) is 3.84. The quantitative estimate of drug-likeness (QED) is 0.294. The van der Waals surface area contributed by atoms with E-state index in [1.165, 1.54) is 12.1 Å². The maximum atomic E-state index is 12.1. The number of aromatic hydroxyl groups is 1. The second kappa shape index (κ2) is 8.03. The number of benzene rings is 4. The van der Waals surface area contributed by atoms with E-state index >= 15 is 0 Å². The molecule has 0 aliphatic carbocycles. The van der Waals surface area contributed by atoms with Gasteiger partial charge in [0.15, 0.2) is 0 Å². The van der Waals surface area contributed by atoms with Gasteiger partial charge in [0.25, 0.3) is 20.2 Å². The maximum Gasteiger partial charge on any atom is 0.298 e. The summed E-state index contributed by atoms with van der Waals surface area (Å²) in [6.07, 6.45) is 0. The minimum absolute atomic E-state index is 0.109. The standard InChI is InChI=1S/C23H18O7S2/c24-23-20(32(28,29)30)14-17-13-18(31(25,26)27)11-12-19(17)22(23)21(15-7-3-1-4-8-15)16-9-5-2-6-10-16/h1-14,21,24H,(H,25,26,27)(H,28,29,30).